The number of methoxy groups -OCH3 is 1. The number of aliphatic hydroxyl groups is 1. The average molecular weight is 278 g/mol. The van der Waals surface area contributed by atoms with Crippen LogP contribution in [0.3, 0.4) is 0 Å². The Balaban J connectivity index is 1.74. The summed E-state index contributed by atoms with van der Waals surface area (Å²) in [5, 5.41) is 11.9. The van der Waals surface area contributed by atoms with E-state index in [1.807, 2.05) is 24.3 Å². The smallest absolute Gasteiger partial charge is 0.317 e. The third-order valence-corrected chi connectivity index (χ3v) is 3.44. The first-order chi connectivity index (χ1) is 9.74. The van der Waals surface area contributed by atoms with E-state index in [0.29, 0.717) is 19.1 Å². The van der Waals surface area contributed by atoms with Crippen LogP contribution in [-0.4, -0.2) is 48.9 Å². The lowest BCUT2D eigenvalue weighted by Gasteiger charge is -2.21. The summed E-state index contributed by atoms with van der Waals surface area (Å²) in [6.07, 6.45) is 2.88. The van der Waals surface area contributed by atoms with Crippen molar-refractivity contribution in [2.45, 2.75) is 25.3 Å². The molecule has 2 amide bonds. The van der Waals surface area contributed by atoms with Crippen LogP contribution in [0, 0.1) is 0 Å². The fourth-order valence-corrected chi connectivity index (χ4v) is 2.15. The summed E-state index contributed by atoms with van der Waals surface area (Å²) in [6, 6.07) is 8.08. The maximum Gasteiger partial charge on any atom is 0.317 e. The van der Waals surface area contributed by atoms with Crippen LogP contribution in [0.25, 0.3) is 0 Å². The van der Waals surface area contributed by atoms with Crippen LogP contribution < -0.4 is 10.1 Å². The van der Waals surface area contributed by atoms with E-state index in [-0.39, 0.29) is 12.6 Å². The van der Waals surface area contributed by atoms with Gasteiger partial charge in [0.05, 0.1) is 13.7 Å². The summed E-state index contributed by atoms with van der Waals surface area (Å²) in [4.78, 5) is 13.7. The second-order valence-electron chi connectivity index (χ2n) is 4.98. The van der Waals surface area contributed by atoms with E-state index in [1.165, 1.54) is 0 Å². The molecule has 0 aliphatic heterocycles. The minimum Gasteiger partial charge on any atom is -0.497 e. The topological polar surface area (TPSA) is 61.8 Å². The van der Waals surface area contributed by atoms with Crippen molar-refractivity contribution in [1.29, 1.82) is 0 Å². The number of aliphatic hydroxyl groups excluding tert-OH is 1. The zero-order valence-electron chi connectivity index (χ0n) is 11.8. The maximum atomic E-state index is 12.0. The number of rotatable bonds is 7. The van der Waals surface area contributed by atoms with Gasteiger partial charge in [-0.2, -0.15) is 0 Å². The Labute approximate surface area is 119 Å². The van der Waals surface area contributed by atoms with E-state index in [0.717, 1.165) is 30.6 Å². The number of benzene rings is 1. The first kappa shape index (κ1) is 14.7. The molecule has 1 saturated carbocycles. The molecule has 2 rings (SSSR count). The number of carbonyl (C=O) groups excluding carboxylic acids is 1. The predicted octanol–water partition coefficient (Wildman–Crippen LogP) is 1.40. The second-order valence-corrected chi connectivity index (χ2v) is 4.98. The van der Waals surface area contributed by atoms with Crippen molar-refractivity contribution < 1.29 is 14.6 Å². The lowest BCUT2D eigenvalue weighted by Crippen LogP contribution is -2.43. The van der Waals surface area contributed by atoms with Gasteiger partial charge in [0.2, 0.25) is 0 Å². The summed E-state index contributed by atoms with van der Waals surface area (Å²) >= 11 is 0. The Morgan fingerprint density at radius 1 is 1.40 bits per heavy atom. The van der Waals surface area contributed by atoms with Gasteiger partial charge in [0.1, 0.15) is 5.75 Å². The molecule has 0 aromatic heterocycles. The van der Waals surface area contributed by atoms with Crippen molar-refractivity contribution in [1.82, 2.24) is 10.2 Å². The summed E-state index contributed by atoms with van der Waals surface area (Å²) in [5.41, 5.74) is 1.16. The standard InChI is InChI=1S/C15H22N2O3/c1-20-14-6-2-12(3-7-14)8-9-16-15(19)17(10-11-18)13-4-5-13/h2-3,6-7,13,18H,4-5,8-11H2,1H3,(H,16,19). The summed E-state index contributed by atoms with van der Waals surface area (Å²) < 4.78 is 5.10. The van der Waals surface area contributed by atoms with E-state index in [9.17, 15) is 4.79 Å². The molecule has 1 fully saturated rings. The fourth-order valence-electron chi connectivity index (χ4n) is 2.15. The molecule has 1 aromatic rings. The van der Waals surface area contributed by atoms with Crippen LogP contribution in [0.1, 0.15) is 18.4 Å². The molecular formula is C15H22N2O3. The van der Waals surface area contributed by atoms with E-state index >= 15 is 0 Å². The van der Waals surface area contributed by atoms with Crippen LogP contribution in [0.5, 0.6) is 5.75 Å². The lowest BCUT2D eigenvalue weighted by molar-refractivity contribution is 0.174. The molecule has 0 unspecified atom stereocenters. The Morgan fingerprint density at radius 3 is 2.65 bits per heavy atom. The number of hydrogen-bond donors (Lipinski definition) is 2. The van der Waals surface area contributed by atoms with Crippen molar-refractivity contribution in [2.24, 2.45) is 0 Å². The van der Waals surface area contributed by atoms with E-state index in [1.54, 1.807) is 12.0 Å². The molecule has 0 saturated heterocycles. The van der Waals surface area contributed by atoms with Gasteiger partial charge in [-0.15, -0.1) is 0 Å². The van der Waals surface area contributed by atoms with E-state index < -0.39 is 0 Å². The second kappa shape index (κ2) is 7.14. The molecule has 0 heterocycles. The third kappa shape index (κ3) is 4.13. The van der Waals surface area contributed by atoms with Gasteiger partial charge in [0.15, 0.2) is 0 Å². The van der Waals surface area contributed by atoms with E-state index in [2.05, 4.69) is 5.32 Å². The van der Waals surface area contributed by atoms with Crippen LogP contribution >= 0.6 is 0 Å². The van der Waals surface area contributed by atoms with Gasteiger partial charge < -0.3 is 20.1 Å². The monoisotopic (exact) mass is 278 g/mol. The summed E-state index contributed by atoms with van der Waals surface area (Å²) in [7, 11) is 1.64. The van der Waals surface area contributed by atoms with E-state index in [4.69, 9.17) is 9.84 Å². The molecule has 0 radical (unpaired) electrons. The number of urea groups is 1. The quantitative estimate of drug-likeness (QED) is 0.792. The minimum absolute atomic E-state index is 0.0163. The largest absolute Gasteiger partial charge is 0.497 e. The number of amides is 2. The molecule has 110 valence electrons. The molecule has 0 bridgehead atoms. The van der Waals surface area contributed by atoms with Crippen molar-refractivity contribution in [3.63, 3.8) is 0 Å². The Kier molecular flexibility index (Phi) is 5.24. The zero-order valence-corrected chi connectivity index (χ0v) is 11.8. The Bertz CT molecular complexity index is 429. The number of carbonyl (C=O) groups is 1. The normalized spacial score (nSPS) is 13.9. The SMILES string of the molecule is COc1ccc(CCNC(=O)N(CCO)C2CC2)cc1. The van der Waals surface area contributed by atoms with Gasteiger partial charge in [0.25, 0.3) is 0 Å². The summed E-state index contributed by atoms with van der Waals surface area (Å²) in [6.45, 7) is 1.03. The Morgan fingerprint density at radius 2 is 2.10 bits per heavy atom. The van der Waals surface area contributed by atoms with Crippen LogP contribution in [0.4, 0.5) is 4.79 Å². The van der Waals surface area contributed by atoms with Gasteiger partial charge >= 0.3 is 6.03 Å². The van der Waals surface area contributed by atoms with Crippen molar-refractivity contribution >= 4 is 6.03 Å². The Hall–Kier alpha value is -1.75. The summed E-state index contributed by atoms with van der Waals surface area (Å²) in [5.74, 6) is 0.834. The van der Waals surface area contributed by atoms with Crippen LogP contribution in [-0.2, 0) is 6.42 Å². The number of ether oxygens (including phenoxy) is 1. The van der Waals surface area contributed by atoms with Crippen molar-refractivity contribution in [3.05, 3.63) is 29.8 Å². The lowest BCUT2D eigenvalue weighted by atomic mass is 10.1. The number of nitrogens with zero attached hydrogens (tertiary/aromatic N) is 1. The molecule has 5 heteroatoms. The van der Waals surface area contributed by atoms with Crippen LogP contribution in [0.2, 0.25) is 0 Å². The molecule has 20 heavy (non-hydrogen) atoms. The highest BCUT2D eigenvalue weighted by atomic mass is 16.5. The molecule has 2 N–H and O–H groups in total. The van der Waals surface area contributed by atoms with Gasteiger partial charge in [-0.3, -0.25) is 0 Å². The zero-order chi connectivity index (χ0) is 14.4. The maximum absolute atomic E-state index is 12.0. The van der Waals surface area contributed by atoms with Crippen molar-refractivity contribution in [3.8, 4) is 5.75 Å². The number of hydrogen-bond acceptors (Lipinski definition) is 3. The minimum atomic E-state index is -0.0740. The average Bonchev–Trinajstić information content (AvgIpc) is 3.30. The van der Waals surface area contributed by atoms with Crippen molar-refractivity contribution in [2.75, 3.05) is 26.8 Å². The molecular weight excluding hydrogens is 256 g/mol. The molecule has 1 aliphatic rings. The highest BCUT2D eigenvalue weighted by Gasteiger charge is 2.31. The number of nitrogens with one attached hydrogen (secondary N) is 1. The molecule has 5 nitrogen and oxygen atoms in total. The first-order valence-corrected chi connectivity index (χ1v) is 7.03. The molecule has 0 spiro atoms. The molecule has 1 aromatic carbocycles. The molecule has 1 aliphatic carbocycles. The highest BCUT2D eigenvalue weighted by Crippen LogP contribution is 2.26. The van der Waals surface area contributed by atoms with Crippen LogP contribution in [0.15, 0.2) is 24.3 Å². The molecule has 0 atom stereocenters. The fraction of sp³-hybridized carbons (Fsp3) is 0.533. The van der Waals surface area contributed by atoms with Gasteiger partial charge in [0, 0.05) is 19.1 Å². The third-order valence-electron chi connectivity index (χ3n) is 3.44. The van der Waals surface area contributed by atoms with Gasteiger partial charge in [-0.1, -0.05) is 12.1 Å². The first-order valence-electron chi connectivity index (χ1n) is 7.03. The van der Waals surface area contributed by atoms with Gasteiger partial charge in [-0.25, -0.2) is 4.79 Å². The van der Waals surface area contributed by atoms with Gasteiger partial charge in [-0.05, 0) is 37.0 Å². The highest BCUT2D eigenvalue weighted by molar-refractivity contribution is 5.74. The predicted molar refractivity (Wildman–Crippen MR) is 76.9 cm³/mol.